The molecule has 1 nitrogen and oxygen atoms in total. The van der Waals surface area contributed by atoms with Crippen LogP contribution in [0.25, 0.3) is 22.1 Å². The maximum Gasteiger partial charge on any atom is 0.134 e. The summed E-state index contributed by atoms with van der Waals surface area (Å²) in [7, 11) is 0. The molecule has 0 bridgehead atoms. The molecule has 1 aliphatic carbocycles. The van der Waals surface area contributed by atoms with Crippen LogP contribution in [0.3, 0.4) is 0 Å². The number of hydrogen-bond acceptors (Lipinski definition) is 1. The minimum Gasteiger partial charge on any atom is -0.464 e. The van der Waals surface area contributed by atoms with Crippen molar-refractivity contribution in [3.63, 3.8) is 0 Å². The van der Waals surface area contributed by atoms with Crippen molar-refractivity contribution in [1.29, 1.82) is 0 Å². The van der Waals surface area contributed by atoms with Crippen molar-refractivity contribution >= 4 is 11.0 Å². The molecule has 0 amide bonds. The molecule has 0 radical (unpaired) electrons. The number of hydrogen-bond donors (Lipinski definition) is 0. The fraction of sp³-hybridized carbons (Fsp3) is 0.440. The predicted molar refractivity (Wildman–Crippen MR) is 110 cm³/mol. The molecular weight excluding hydrogens is 316 g/mol. The molecule has 136 valence electrons. The molecule has 1 heteroatoms. The van der Waals surface area contributed by atoms with Crippen LogP contribution in [0.5, 0.6) is 0 Å². The Labute approximate surface area is 157 Å². The van der Waals surface area contributed by atoms with E-state index in [1.54, 1.807) is 0 Å². The quantitative estimate of drug-likeness (QED) is 0.413. The Morgan fingerprint density at radius 3 is 2.46 bits per heavy atom. The summed E-state index contributed by atoms with van der Waals surface area (Å²) in [6, 6.07) is 17.5. The van der Waals surface area contributed by atoms with Crippen LogP contribution in [0.2, 0.25) is 0 Å². The van der Waals surface area contributed by atoms with Gasteiger partial charge >= 0.3 is 0 Å². The highest BCUT2D eigenvalue weighted by Gasteiger charge is 2.25. The smallest absolute Gasteiger partial charge is 0.134 e. The van der Waals surface area contributed by atoms with Crippen molar-refractivity contribution in [3.8, 4) is 11.1 Å². The lowest BCUT2D eigenvalue weighted by molar-refractivity contribution is 0.303. The molecule has 0 spiro atoms. The predicted octanol–water partition coefficient (Wildman–Crippen LogP) is 7.95. The summed E-state index contributed by atoms with van der Waals surface area (Å²) in [4.78, 5) is 0. The molecule has 1 aliphatic rings. The standard InChI is InChI=1S/C25H30O/c1-2-3-5-8-19-11-13-20(14-12-19)22-15-16-24-23(17-18-26-24)25(22)21-9-6-4-7-10-21/h4,6-7,9-10,15-20H,2-3,5,8,11-14H2,1H3. The Morgan fingerprint density at radius 2 is 1.69 bits per heavy atom. The molecule has 0 aliphatic heterocycles. The van der Waals surface area contributed by atoms with Crippen molar-refractivity contribution in [2.45, 2.75) is 64.2 Å². The highest BCUT2D eigenvalue weighted by atomic mass is 16.3. The Kier molecular flexibility index (Phi) is 5.43. The molecule has 0 unspecified atom stereocenters. The lowest BCUT2D eigenvalue weighted by atomic mass is 9.75. The fourth-order valence-electron chi connectivity index (χ4n) is 4.77. The molecule has 0 atom stereocenters. The van der Waals surface area contributed by atoms with Gasteiger partial charge < -0.3 is 4.42 Å². The molecule has 1 heterocycles. The molecule has 2 aromatic carbocycles. The molecule has 1 saturated carbocycles. The van der Waals surface area contributed by atoms with Gasteiger partial charge in [-0.3, -0.25) is 0 Å². The summed E-state index contributed by atoms with van der Waals surface area (Å²) in [5, 5.41) is 1.26. The van der Waals surface area contributed by atoms with Crippen LogP contribution in [-0.4, -0.2) is 0 Å². The van der Waals surface area contributed by atoms with Gasteiger partial charge in [0.05, 0.1) is 6.26 Å². The van der Waals surface area contributed by atoms with E-state index < -0.39 is 0 Å². The summed E-state index contributed by atoms with van der Waals surface area (Å²) < 4.78 is 5.69. The third kappa shape index (κ3) is 3.58. The second-order valence-electron chi connectivity index (χ2n) is 7.94. The van der Waals surface area contributed by atoms with Gasteiger partial charge in [-0.15, -0.1) is 0 Å². The van der Waals surface area contributed by atoms with Crippen molar-refractivity contribution in [2.24, 2.45) is 5.92 Å². The number of rotatable bonds is 6. The number of unbranched alkanes of at least 4 members (excludes halogenated alkanes) is 2. The first-order chi connectivity index (χ1) is 12.9. The molecule has 0 N–H and O–H groups in total. The van der Waals surface area contributed by atoms with E-state index in [-0.39, 0.29) is 0 Å². The number of fused-ring (bicyclic) bond motifs is 1. The largest absolute Gasteiger partial charge is 0.464 e. The molecule has 4 rings (SSSR count). The lowest BCUT2D eigenvalue weighted by Gasteiger charge is -2.30. The van der Waals surface area contributed by atoms with Crippen molar-refractivity contribution in [3.05, 3.63) is 60.4 Å². The van der Waals surface area contributed by atoms with E-state index in [0.29, 0.717) is 5.92 Å². The van der Waals surface area contributed by atoms with Crippen LogP contribution >= 0.6 is 0 Å². The summed E-state index contributed by atoms with van der Waals surface area (Å²) in [5.41, 5.74) is 5.24. The van der Waals surface area contributed by atoms with Crippen LogP contribution in [0, 0.1) is 5.92 Å². The Morgan fingerprint density at radius 1 is 0.885 bits per heavy atom. The molecular formula is C25H30O. The first-order valence-corrected chi connectivity index (χ1v) is 10.4. The van der Waals surface area contributed by atoms with Crippen molar-refractivity contribution in [2.75, 3.05) is 0 Å². The Bertz CT molecular complexity index is 822. The van der Waals surface area contributed by atoms with Gasteiger partial charge in [-0.25, -0.2) is 0 Å². The normalized spacial score (nSPS) is 20.5. The summed E-state index contributed by atoms with van der Waals surface area (Å²) in [6.07, 6.45) is 12.9. The maximum absolute atomic E-state index is 5.69. The summed E-state index contributed by atoms with van der Waals surface area (Å²) >= 11 is 0. The SMILES string of the molecule is CCCCCC1CCC(c2ccc3occc3c2-c2ccccc2)CC1. The number of furan rings is 1. The van der Waals surface area contributed by atoms with E-state index in [1.165, 1.54) is 73.4 Å². The molecule has 3 aromatic rings. The zero-order valence-electron chi connectivity index (χ0n) is 15.9. The van der Waals surface area contributed by atoms with Gasteiger partial charge in [0.25, 0.3) is 0 Å². The molecule has 0 saturated heterocycles. The highest BCUT2D eigenvalue weighted by molar-refractivity contribution is 5.96. The minimum absolute atomic E-state index is 0.687. The van der Waals surface area contributed by atoms with Gasteiger partial charge in [0.2, 0.25) is 0 Å². The van der Waals surface area contributed by atoms with Gasteiger partial charge in [0.15, 0.2) is 0 Å². The summed E-state index contributed by atoms with van der Waals surface area (Å²) in [6.45, 7) is 2.30. The average Bonchev–Trinajstić information content (AvgIpc) is 3.17. The van der Waals surface area contributed by atoms with E-state index in [9.17, 15) is 0 Å². The average molecular weight is 347 g/mol. The van der Waals surface area contributed by atoms with Crippen LogP contribution in [-0.2, 0) is 0 Å². The van der Waals surface area contributed by atoms with E-state index >= 15 is 0 Å². The lowest BCUT2D eigenvalue weighted by Crippen LogP contribution is -2.14. The van der Waals surface area contributed by atoms with Gasteiger partial charge in [-0.2, -0.15) is 0 Å². The fourth-order valence-corrected chi connectivity index (χ4v) is 4.77. The van der Waals surface area contributed by atoms with Crippen molar-refractivity contribution in [1.82, 2.24) is 0 Å². The van der Waals surface area contributed by atoms with Gasteiger partial charge in [0.1, 0.15) is 5.58 Å². The zero-order valence-corrected chi connectivity index (χ0v) is 15.9. The van der Waals surface area contributed by atoms with E-state index in [2.05, 4.69) is 55.5 Å². The second kappa shape index (κ2) is 8.12. The van der Waals surface area contributed by atoms with Gasteiger partial charge in [-0.1, -0.05) is 69.0 Å². The number of benzene rings is 2. The first kappa shape index (κ1) is 17.4. The van der Waals surface area contributed by atoms with Crippen LogP contribution in [0.15, 0.2) is 59.2 Å². The molecule has 1 fully saturated rings. The highest BCUT2D eigenvalue weighted by Crippen LogP contribution is 2.43. The topological polar surface area (TPSA) is 13.1 Å². The van der Waals surface area contributed by atoms with E-state index in [1.807, 2.05) is 6.26 Å². The van der Waals surface area contributed by atoms with Crippen molar-refractivity contribution < 1.29 is 4.42 Å². The first-order valence-electron chi connectivity index (χ1n) is 10.4. The van der Waals surface area contributed by atoms with Gasteiger partial charge in [0, 0.05) is 5.39 Å². The molecule has 1 aromatic heterocycles. The van der Waals surface area contributed by atoms with E-state index in [0.717, 1.165) is 11.5 Å². The van der Waals surface area contributed by atoms with Crippen LogP contribution in [0.4, 0.5) is 0 Å². The second-order valence-corrected chi connectivity index (χ2v) is 7.94. The Hall–Kier alpha value is -2.02. The van der Waals surface area contributed by atoms with Crippen LogP contribution in [0.1, 0.15) is 69.8 Å². The zero-order chi connectivity index (χ0) is 17.8. The van der Waals surface area contributed by atoms with Gasteiger partial charge in [-0.05, 0) is 66.3 Å². The molecule has 26 heavy (non-hydrogen) atoms. The maximum atomic E-state index is 5.69. The van der Waals surface area contributed by atoms with E-state index in [4.69, 9.17) is 4.42 Å². The third-order valence-electron chi connectivity index (χ3n) is 6.23. The summed E-state index contributed by atoms with van der Waals surface area (Å²) in [5.74, 6) is 1.64. The monoisotopic (exact) mass is 346 g/mol. The third-order valence-corrected chi connectivity index (χ3v) is 6.23. The van der Waals surface area contributed by atoms with Crippen LogP contribution < -0.4 is 0 Å². The Balaban J connectivity index is 1.59. The minimum atomic E-state index is 0.687.